The van der Waals surface area contributed by atoms with E-state index in [1.807, 2.05) is 0 Å². The second-order valence-electron chi connectivity index (χ2n) is 26.6. The van der Waals surface area contributed by atoms with Crippen molar-refractivity contribution in [1.82, 2.24) is 10.2 Å². The summed E-state index contributed by atoms with van der Waals surface area (Å²) in [6, 6.07) is 0.945. The third-order valence-corrected chi connectivity index (χ3v) is 12.9. The van der Waals surface area contributed by atoms with Gasteiger partial charge < -0.3 is 24.3 Å². The minimum Gasteiger partial charge on any atom is -0.381 e. The fourth-order valence-corrected chi connectivity index (χ4v) is 7.56. The van der Waals surface area contributed by atoms with Gasteiger partial charge in [0.05, 0.1) is 38.1 Å². The molecule has 0 amide bonds. The molecule has 0 radical (unpaired) electrons. The third kappa shape index (κ3) is 19.4. The largest absolute Gasteiger partial charge is 0.381 e. The molecule has 4 saturated heterocycles. The lowest BCUT2D eigenvalue weighted by Gasteiger charge is -2.45. The lowest BCUT2D eigenvalue weighted by atomic mass is 9.69. The first kappa shape index (κ1) is 53.8. The Morgan fingerprint density at radius 3 is 1.14 bits per heavy atom. The highest BCUT2D eigenvalue weighted by atomic mass is 16.5. The average molecular weight is 795 g/mol. The molecule has 56 heavy (non-hydrogen) atoms. The van der Waals surface area contributed by atoms with Crippen molar-refractivity contribution in [1.29, 1.82) is 0 Å². The fourth-order valence-electron chi connectivity index (χ4n) is 7.56. The normalized spacial score (nSPS) is 29.5. The van der Waals surface area contributed by atoms with Crippen molar-refractivity contribution in [2.24, 2.45) is 49.7 Å². The van der Waals surface area contributed by atoms with Crippen molar-refractivity contribution in [3.63, 3.8) is 0 Å². The van der Waals surface area contributed by atoms with Crippen molar-refractivity contribution in [3.05, 3.63) is 0 Å². The SMILES string of the molecule is CC(C)(C)C1CCCC(C(C)(C)C)O1.CC(C)(C)C1CN(C(C)(C)C)CCO1.CC(C)(C)C1COCC(C(C)(C)C)C1.CC(C)(C)C1COCC(C(C)(C)C)N1. The van der Waals surface area contributed by atoms with Crippen LogP contribution < -0.4 is 5.32 Å². The van der Waals surface area contributed by atoms with Crippen LogP contribution in [0.2, 0.25) is 0 Å². The van der Waals surface area contributed by atoms with Gasteiger partial charge in [-0.15, -0.1) is 0 Å². The van der Waals surface area contributed by atoms with Gasteiger partial charge in [0.25, 0.3) is 0 Å². The van der Waals surface area contributed by atoms with Crippen molar-refractivity contribution in [3.8, 4) is 0 Å². The molecule has 4 aliphatic heterocycles. The van der Waals surface area contributed by atoms with Gasteiger partial charge in [0.2, 0.25) is 0 Å². The molecule has 0 aromatic carbocycles. The van der Waals surface area contributed by atoms with E-state index in [0.717, 1.165) is 58.0 Å². The summed E-state index contributed by atoms with van der Waals surface area (Å²) >= 11 is 0. The molecule has 4 aliphatic rings. The van der Waals surface area contributed by atoms with Crippen LogP contribution >= 0.6 is 0 Å². The Morgan fingerprint density at radius 2 is 0.821 bits per heavy atom. The first-order valence-electron chi connectivity index (χ1n) is 22.8. The maximum atomic E-state index is 6.22. The van der Waals surface area contributed by atoms with Gasteiger partial charge in [-0.3, -0.25) is 4.90 Å². The predicted octanol–water partition coefficient (Wildman–Crippen LogP) is 12.7. The number of morpholine rings is 2. The van der Waals surface area contributed by atoms with Crippen LogP contribution in [0, 0.1) is 49.7 Å². The summed E-state index contributed by atoms with van der Waals surface area (Å²) in [5.74, 6) is 1.45. The summed E-state index contributed by atoms with van der Waals surface area (Å²) in [6.07, 6.45) is 6.37. The van der Waals surface area contributed by atoms with Crippen molar-refractivity contribution in [2.45, 2.75) is 228 Å². The Kier molecular flexibility index (Phi) is 19.7. The zero-order chi connectivity index (χ0) is 43.9. The lowest BCUT2D eigenvalue weighted by molar-refractivity contribution is -0.135. The Balaban J connectivity index is 0.000000373. The number of nitrogens with zero attached hydrogens (tertiary/aromatic N) is 1. The number of hydrogen-bond donors (Lipinski definition) is 1. The number of nitrogens with one attached hydrogen (secondary N) is 1. The van der Waals surface area contributed by atoms with E-state index in [1.165, 1.54) is 25.7 Å². The van der Waals surface area contributed by atoms with Crippen molar-refractivity contribution in [2.75, 3.05) is 46.1 Å². The summed E-state index contributed by atoms with van der Waals surface area (Å²) in [6.45, 7) is 61.4. The van der Waals surface area contributed by atoms with Crippen molar-refractivity contribution >= 4 is 0 Å². The Labute approximate surface area is 351 Å². The van der Waals surface area contributed by atoms with E-state index >= 15 is 0 Å². The molecule has 6 nitrogen and oxygen atoms in total. The predicted molar refractivity (Wildman–Crippen MR) is 244 cm³/mol. The molecule has 7 unspecified atom stereocenters. The smallest absolute Gasteiger partial charge is 0.0750 e. The third-order valence-electron chi connectivity index (χ3n) is 12.9. The summed E-state index contributed by atoms with van der Waals surface area (Å²) in [5.41, 5.74) is 2.46. The summed E-state index contributed by atoms with van der Waals surface area (Å²) in [4.78, 5) is 2.52. The maximum Gasteiger partial charge on any atom is 0.0750 e. The highest BCUT2D eigenvalue weighted by Gasteiger charge is 2.39. The van der Waals surface area contributed by atoms with E-state index in [1.54, 1.807) is 0 Å². The standard InChI is InChI=1S/2C13H26O.2C12H25NO/c1-12(2,3)10-7-11(9-14-8-10)13(4,5)6;1-12(2,3)10-8-7-9-11(14-10)13(4,5)6;1-11(2,3)9-7-14-8-10(13-9)12(4,5)6;1-11(2,3)10-9-13(7-8-14-10)12(4,5)6/h2*10-11H,7-9H2,1-6H3;9-10,13H,7-8H2,1-6H3;10H,7-9H2,1-6H3. The first-order chi connectivity index (χ1) is 24.8. The molecular weight excluding hydrogens is 693 g/mol. The highest BCUT2D eigenvalue weighted by Crippen LogP contribution is 2.41. The number of rotatable bonds is 0. The quantitative estimate of drug-likeness (QED) is 0.264. The van der Waals surface area contributed by atoms with Gasteiger partial charge in [0.1, 0.15) is 0 Å². The lowest BCUT2D eigenvalue weighted by Crippen LogP contribution is -2.58. The van der Waals surface area contributed by atoms with Gasteiger partial charge >= 0.3 is 0 Å². The Bertz CT molecular complexity index is 838. The van der Waals surface area contributed by atoms with Crippen LogP contribution in [0.1, 0.15) is 192 Å². The van der Waals surface area contributed by atoms with Crippen LogP contribution in [-0.2, 0) is 18.9 Å². The minimum absolute atomic E-state index is 0.254. The van der Waals surface area contributed by atoms with Crippen LogP contribution in [0.4, 0.5) is 0 Å². The molecule has 4 rings (SSSR count). The molecule has 0 aromatic heterocycles. The van der Waals surface area contributed by atoms with E-state index in [9.17, 15) is 0 Å². The molecule has 7 atom stereocenters. The molecule has 4 heterocycles. The van der Waals surface area contributed by atoms with Gasteiger partial charge in [0, 0.05) is 43.9 Å². The minimum atomic E-state index is 0.254. The van der Waals surface area contributed by atoms with Crippen LogP contribution in [0.15, 0.2) is 0 Å². The molecule has 0 aliphatic carbocycles. The molecule has 0 saturated carbocycles. The molecule has 0 spiro atoms. The first-order valence-corrected chi connectivity index (χ1v) is 22.8. The van der Waals surface area contributed by atoms with Crippen LogP contribution in [0.25, 0.3) is 0 Å². The van der Waals surface area contributed by atoms with Crippen molar-refractivity contribution < 1.29 is 18.9 Å². The van der Waals surface area contributed by atoms with Gasteiger partial charge in [-0.1, -0.05) is 145 Å². The van der Waals surface area contributed by atoms with Crippen LogP contribution in [-0.4, -0.2) is 87.0 Å². The second-order valence-corrected chi connectivity index (χ2v) is 26.6. The molecular formula is C50H102N2O4. The van der Waals surface area contributed by atoms with Gasteiger partial charge in [0.15, 0.2) is 0 Å². The fraction of sp³-hybridized carbons (Fsp3) is 1.00. The van der Waals surface area contributed by atoms with E-state index in [2.05, 4.69) is 176 Å². The zero-order valence-corrected chi connectivity index (χ0v) is 42.4. The van der Waals surface area contributed by atoms with E-state index in [-0.39, 0.29) is 21.8 Å². The summed E-state index contributed by atoms with van der Waals surface area (Å²) < 4.78 is 23.5. The van der Waals surface area contributed by atoms with Gasteiger partial charge in [-0.05, 0) is 96.2 Å². The zero-order valence-electron chi connectivity index (χ0n) is 42.4. The van der Waals surface area contributed by atoms with E-state index < -0.39 is 0 Å². The topological polar surface area (TPSA) is 52.2 Å². The highest BCUT2D eigenvalue weighted by molar-refractivity contribution is 4.92. The number of hydrogen-bond acceptors (Lipinski definition) is 6. The average Bonchev–Trinajstić information content (AvgIpc) is 3.03. The molecule has 336 valence electrons. The monoisotopic (exact) mass is 795 g/mol. The number of ether oxygens (including phenoxy) is 4. The Morgan fingerprint density at radius 1 is 0.446 bits per heavy atom. The van der Waals surface area contributed by atoms with Gasteiger partial charge in [-0.2, -0.15) is 0 Å². The molecule has 6 heteroatoms. The van der Waals surface area contributed by atoms with E-state index in [0.29, 0.717) is 52.1 Å². The molecule has 4 fully saturated rings. The van der Waals surface area contributed by atoms with E-state index in [4.69, 9.17) is 18.9 Å². The Hall–Kier alpha value is -0.240. The second kappa shape index (κ2) is 20.5. The molecule has 0 bridgehead atoms. The van der Waals surface area contributed by atoms with Gasteiger partial charge in [-0.25, -0.2) is 0 Å². The van der Waals surface area contributed by atoms with Crippen LogP contribution in [0.5, 0.6) is 0 Å². The summed E-state index contributed by atoms with van der Waals surface area (Å²) in [7, 11) is 0. The van der Waals surface area contributed by atoms with Crippen LogP contribution in [0.3, 0.4) is 0 Å². The maximum absolute atomic E-state index is 6.22. The molecule has 0 aromatic rings. The summed E-state index contributed by atoms with van der Waals surface area (Å²) in [5, 5.41) is 3.71. The molecule has 1 N–H and O–H groups in total.